The van der Waals surface area contributed by atoms with Crippen LogP contribution in [0.1, 0.15) is 39.2 Å². The number of fused-ring (bicyclic) bond motifs is 1. The largest absolute Gasteiger partial charge is 0.494 e. The lowest BCUT2D eigenvalue weighted by Gasteiger charge is -2.11. The molecular weight excluding hydrogens is 524 g/mol. The Morgan fingerprint density at radius 1 is 1.02 bits per heavy atom. The number of hydrogen-bond acceptors (Lipinski definition) is 5. The Hall–Kier alpha value is -4.37. The van der Waals surface area contributed by atoms with Crippen LogP contribution in [-0.2, 0) is 23.5 Å². The van der Waals surface area contributed by atoms with E-state index in [2.05, 4.69) is 35.6 Å². The molecule has 9 heteroatoms. The zero-order valence-corrected chi connectivity index (χ0v) is 23.8. The van der Waals surface area contributed by atoms with Crippen molar-refractivity contribution in [2.24, 2.45) is 7.05 Å². The van der Waals surface area contributed by atoms with Crippen molar-refractivity contribution in [3.8, 4) is 16.9 Å². The van der Waals surface area contributed by atoms with Crippen LogP contribution < -0.4 is 9.46 Å². The van der Waals surface area contributed by atoms with Gasteiger partial charge < -0.3 is 9.72 Å². The van der Waals surface area contributed by atoms with Crippen LogP contribution in [0.2, 0.25) is 0 Å². The number of para-hydroxylation sites is 1. The molecule has 5 rings (SSSR count). The summed E-state index contributed by atoms with van der Waals surface area (Å²) in [4.78, 5) is 16.7. The maximum Gasteiger partial charge on any atom is 0.281 e. The van der Waals surface area contributed by atoms with E-state index in [1.807, 2.05) is 43.6 Å². The first-order chi connectivity index (χ1) is 19.1. The predicted octanol–water partition coefficient (Wildman–Crippen LogP) is 5.62. The Morgan fingerprint density at radius 2 is 1.75 bits per heavy atom. The number of rotatable bonds is 9. The zero-order valence-electron chi connectivity index (χ0n) is 23.0. The van der Waals surface area contributed by atoms with Crippen LogP contribution in [0, 0.1) is 20.8 Å². The van der Waals surface area contributed by atoms with Crippen molar-refractivity contribution < 1.29 is 17.9 Å². The van der Waals surface area contributed by atoms with E-state index in [0.29, 0.717) is 19.4 Å². The van der Waals surface area contributed by atoms with E-state index < -0.39 is 15.9 Å². The molecule has 0 atom stereocenters. The topological polar surface area (TPSA) is 106 Å². The molecule has 0 bridgehead atoms. The smallest absolute Gasteiger partial charge is 0.281 e. The molecule has 0 aliphatic carbocycles. The summed E-state index contributed by atoms with van der Waals surface area (Å²) in [6, 6.07) is 17.7. The number of nitrogens with zero attached hydrogens (tertiary/aromatic N) is 2. The van der Waals surface area contributed by atoms with Crippen LogP contribution >= 0.6 is 0 Å². The normalized spacial score (nSPS) is 11.6. The van der Waals surface area contributed by atoms with Gasteiger partial charge in [-0.2, -0.15) is 5.10 Å². The molecule has 0 aliphatic rings. The second-order valence-corrected chi connectivity index (χ2v) is 11.7. The van der Waals surface area contributed by atoms with Gasteiger partial charge in [-0.15, -0.1) is 0 Å². The van der Waals surface area contributed by atoms with Crippen LogP contribution in [0.15, 0.2) is 78.0 Å². The van der Waals surface area contributed by atoms with E-state index >= 15 is 0 Å². The highest BCUT2D eigenvalue weighted by Crippen LogP contribution is 2.32. The number of hydrogen-bond donors (Lipinski definition) is 2. The number of nitrogens with one attached hydrogen (secondary N) is 2. The fraction of sp³-hybridized carbons (Fsp3) is 0.226. The molecular formula is C31H32N4O4S. The summed E-state index contributed by atoms with van der Waals surface area (Å²) in [6.07, 6.45) is 4.79. The Balaban J connectivity index is 1.46. The van der Waals surface area contributed by atoms with Crippen LogP contribution in [-0.4, -0.2) is 35.7 Å². The molecule has 0 radical (unpaired) electrons. The Bertz CT molecular complexity index is 1780. The number of ether oxygens (including phenoxy) is 1. The van der Waals surface area contributed by atoms with Crippen molar-refractivity contribution >= 4 is 26.8 Å². The highest BCUT2D eigenvalue weighted by atomic mass is 32.2. The van der Waals surface area contributed by atoms with Gasteiger partial charge in [0.2, 0.25) is 0 Å². The molecule has 2 N–H and O–H groups in total. The van der Waals surface area contributed by atoms with Gasteiger partial charge in [-0.1, -0.05) is 36.4 Å². The van der Waals surface area contributed by atoms with Crippen LogP contribution in [0.5, 0.6) is 5.75 Å². The highest BCUT2D eigenvalue weighted by molar-refractivity contribution is 7.90. The van der Waals surface area contributed by atoms with Gasteiger partial charge in [0.05, 0.1) is 23.2 Å². The molecule has 0 unspecified atom stereocenters. The van der Waals surface area contributed by atoms with Gasteiger partial charge in [-0.05, 0) is 80.1 Å². The average Bonchev–Trinajstić information content (AvgIpc) is 3.53. The van der Waals surface area contributed by atoms with Gasteiger partial charge in [0.25, 0.3) is 15.9 Å². The summed E-state index contributed by atoms with van der Waals surface area (Å²) in [7, 11) is -2.21. The lowest BCUT2D eigenvalue weighted by atomic mass is 10.0. The van der Waals surface area contributed by atoms with Crippen molar-refractivity contribution in [3.63, 3.8) is 0 Å². The van der Waals surface area contributed by atoms with Gasteiger partial charge in [-0.3, -0.25) is 9.48 Å². The van der Waals surface area contributed by atoms with E-state index in [1.165, 1.54) is 28.8 Å². The fourth-order valence-electron chi connectivity index (χ4n) is 4.88. The third-order valence-electron chi connectivity index (χ3n) is 7.21. The number of aryl methyl sites for hydroxylation is 4. The van der Waals surface area contributed by atoms with E-state index in [4.69, 9.17) is 4.74 Å². The monoisotopic (exact) mass is 556 g/mol. The summed E-state index contributed by atoms with van der Waals surface area (Å²) < 4.78 is 35.9. The minimum Gasteiger partial charge on any atom is -0.494 e. The molecule has 40 heavy (non-hydrogen) atoms. The minimum atomic E-state index is -4.05. The maximum absolute atomic E-state index is 13.5. The molecule has 0 spiro atoms. The van der Waals surface area contributed by atoms with E-state index in [1.54, 1.807) is 29.1 Å². The lowest BCUT2D eigenvalue weighted by Crippen LogP contribution is -2.31. The molecule has 2 heterocycles. The summed E-state index contributed by atoms with van der Waals surface area (Å²) >= 11 is 0. The number of benzene rings is 3. The Morgan fingerprint density at radius 3 is 2.42 bits per heavy atom. The van der Waals surface area contributed by atoms with Gasteiger partial charge in [-0.25, -0.2) is 13.1 Å². The maximum atomic E-state index is 13.5. The zero-order chi connectivity index (χ0) is 28.4. The molecule has 1 amide bonds. The number of sulfonamides is 1. The highest BCUT2D eigenvalue weighted by Gasteiger charge is 2.24. The van der Waals surface area contributed by atoms with Gasteiger partial charge >= 0.3 is 0 Å². The first kappa shape index (κ1) is 27.2. The number of aromatic amines is 1. The first-order valence-corrected chi connectivity index (χ1v) is 14.6. The lowest BCUT2D eigenvalue weighted by molar-refractivity contribution is 0.0976. The third-order valence-corrected chi connectivity index (χ3v) is 8.55. The van der Waals surface area contributed by atoms with Crippen LogP contribution in [0.3, 0.4) is 0 Å². The Kier molecular flexibility index (Phi) is 7.49. The van der Waals surface area contributed by atoms with Gasteiger partial charge in [0.15, 0.2) is 0 Å². The second kappa shape index (κ2) is 11.0. The molecule has 0 fully saturated rings. The molecule has 0 aliphatic heterocycles. The summed E-state index contributed by atoms with van der Waals surface area (Å²) in [6.45, 7) is 6.67. The van der Waals surface area contributed by atoms with Crippen molar-refractivity contribution in [1.82, 2.24) is 19.5 Å². The number of H-pyrrole nitrogens is 1. The SMILES string of the molecule is Cc1cc(OCCCc2c(C(=O)NS(=O)(=O)c3ccccc3)[nH]c3c(-c4cnn(C)c4)cccc23)cc(C)c1C. The molecule has 3 aromatic carbocycles. The number of amides is 1. The number of aromatic nitrogens is 3. The molecule has 0 saturated carbocycles. The molecule has 2 aromatic heterocycles. The van der Waals surface area contributed by atoms with Gasteiger partial charge in [0, 0.05) is 29.8 Å². The van der Waals surface area contributed by atoms with Crippen molar-refractivity contribution in [2.75, 3.05) is 6.61 Å². The molecule has 5 aromatic rings. The summed E-state index contributed by atoms with van der Waals surface area (Å²) in [5, 5.41) is 5.13. The van der Waals surface area contributed by atoms with E-state index in [0.717, 1.165) is 33.3 Å². The predicted molar refractivity (Wildman–Crippen MR) is 156 cm³/mol. The first-order valence-electron chi connectivity index (χ1n) is 13.1. The molecule has 206 valence electrons. The fourth-order valence-corrected chi connectivity index (χ4v) is 5.86. The molecule has 0 saturated heterocycles. The van der Waals surface area contributed by atoms with Gasteiger partial charge in [0.1, 0.15) is 11.4 Å². The number of carbonyl (C=O) groups excluding carboxylic acids is 1. The molecule has 8 nitrogen and oxygen atoms in total. The third kappa shape index (κ3) is 5.51. The Labute approximate surface area is 234 Å². The number of carbonyl (C=O) groups is 1. The van der Waals surface area contributed by atoms with Crippen molar-refractivity contribution in [2.45, 2.75) is 38.5 Å². The van der Waals surface area contributed by atoms with E-state index in [9.17, 15) is 13.2 Å². The quantitative estimate of drug-likeness (QED) is 0.229. The second-order valence-electron chi connectivity index (χ2n) is 9.99. The van der Waals surface area contributed by atoms with Crippen LogP contribution in [0.4, 0.5) is 0 Å². The van der Waals surface area contributed by atoms with Crippen molar-refractivity contribution in [1.29, 1.82) is 0 Å². The average molecular weight is 557 g/mol. The summed E-state index contributed by atoms with van der Waals surface area (Å²) in [5.41, 5.74) is 7.06. The minimum absolute atomic E-state index is 0.0224. The standard InChI is InChI=1S/C31H32N4O4S/c1-20-16-24(17-21(2)22(20)3)39-15-9-14-28-27-13-8-12-26(23-18-32-35(4)19-23)29(27)33-30(28)31(36)34-40(37,38)25-10-6-5-7-11-25/h5-8,10-13,16-19,33H,9,14-15H2,1-4H3,(H,34,36). The van der Waals surface area contributed by atoms with E-state index in [-0.39, 0.29) is 10.6 Å². The van der Waals surface area contributed by atoms with Crippen molar-refractivity contribution in [3.05, 3.63) is 101 Å². The van der Waals surface area contributed by atoms with Crippen LogP contribution in [0.25, 0.3) is 22.0 Å². The summed E-state index contributed by atoms with van der Waals surface area (Å²) in [5.74, 6) is 0.100.